The molecule has 0 saturated carbocycles. The van der Waals surface area contributed by atoms with Crippen molar-refractivity contribution in [2.75, 3.05) is 36.5 Å². The number of hydrogen-bond acceptors (Lipinski definition) is 6. The van der Waals surface area contributed by atoms with Crippen molar-refractivity contribution in [3.63, 3.8) is 0 Å². The number of aryl methyl sites for hydroxylation is 2. The van der Waals surface area contributed by atoms with Gasteiger partial charge in [-0.3, -0.25) is 0 Å². The first-order valence-electron chi connectivity index (χ1n) is 9.13. The van der Waals surface area contributed by atoms with E-state index in [4.69, 9.17) is 4.74 Å². The maximum absolute atomic E-state index is 5.41. The fourth-order valence-corrected chi connectivity index (χ4v) is 3.07. The Morgan fingerprint density at radius 1 is 1.04 bits per heavy atom. The van der Waals surface area contributed by atoms with Crippen molar-refractivity contribution in [3.05, 3.63) is 41.2 Å². The van der Waals surface area contributed by atoms with Gasteiger partial charge in [0.15, 0.2) is 0 Å². The molecular formula is C19H27N5O. The van der Waals surface area contributed by atoms with Gasteiger partial charge in [0, 0.05) is 18.8 Å². The molecular weight excluding hydrogens is 314 g/mol. The summed E-state index contributed by atoms with van der Waals surface area (Å²) in [5.74, 6) is 0.596. The number of ether oxygens (including phenoxy) is 1. The third kappa shape index (κ3) is 4.25. The van der Waals surface area contributed by atoms with Crippen LogP contribution >= 0.6 is 0 Å². The Bertz CT molecular complexity index is 683. The molecule has 2 heterocycles. The normalized spacial score (nSPS) is 15.9. The number of rotatable bonds is 6. The Morgan fingerprint density at radius 3 is 2.36 bits per heavy atom. The Kier molecular flexibility index (Phi) is 5.81. The lowest BCUT2D eigenvalue weighted by atomic mass is 10.1. The first-order valence-corrected chi connectivity index (χ1v) is 9.13. The highest BCUT2D eigenvalue weighted by Crippen LogP contribution is 2.22. The van der Waals surface area contributed by atoms with Crippen LogP contribution < -0.4 is 10.2 Å². The van der Waals surface area contributed by atoms with Crippen molar-refractivity contribution in [3.8, 4) is 0 Å². The first kappa shape index (κ1) is 17.6. The van der Waals surface area contributed by atoms with Crippen molar-refractivity contribution >= 4 is 11.6 Å². The van der Waals surface area contributed by atoms with E-state index in [-0.39, 0.29) is 6.04 Å². The third-order valence-corrected chi connectivity index (χ3v) is 4.62. The van der Waals surface area contributed by atoms with E-state index in [1.807, 2.05) is 0 Å². The molecule has 6 heteroatoms. The zero-order valence-corrected chi connectivity index (χ0v) is 15.3. The van der Waals surface area contributed by atoms with Gasteiger partial charge in [0.25, 0.3) is 0 Å². The molecule has 1 N–H and O–H groups in total. The van der Waals surface area contributed by atoms with Crippen molar-refractivity contribution in [1.29, 1.82) is 0 Å². The van der Waals surface area contributed by atoms with Gasteiger partial charge in [-0.1, -0.05) is 26.0 Å². The van der Waals surface area contributed by atoms with Crippen LogP contribution in [-0.2, 0) is 17.6 Å². The quantitative estimate of drug-likeness (QED) is 0.871. The fourth-order valence-electron chi connectivity index (χ4n) is 3.07. The van der Waals surface area contributed by atoms with Crippen molar-refractivity contribution in [1.82, 2.24) is 15.2 Å². The first-order chi connectivity index (χ1) is 12.2. The predicted molar refractivity (Wildman–Crippen MR) is 100 cm³/mol. The van der Waals surface area contributed by atoms with Crippen LogP contribution in [0.3, 0.4) is 0 Å². The minimum absolute atomic E-state index is 0.123. The number of nitrogens with one attached hydrogen (secondary N) is 1. The monoisotopic (exact) mass is 341 g/mol. The highest BCUT2D eigenvalue weighted by Gasteiger charge is 2.13. The molecule has 1 aromatic carbocycles. The number of anilines is 2. The summed E-state index contributed by atoms with van der Waals surface area (Å²) in [5.41, 5.74) is 4.46. The summed E-state index contributed by atoms with van der Waals surface area (Å²) >= 11 is 0. The van der Waals surface area contributed by atoms with E-state index in [1.54, 1.807) is 0 Å². The Hall–Kier alpha value is -2.21. The molecule has 0 bridgehead atoms. The van der Waals surface area contributed by atoms with Crippen LogP contribution in [0.4, 0.5) is 11.6 Å². The lowest BCUT2D eigenvalue weighted by molar-refractivity contribution is 0.122. The Labute approximate surface area is 149 Å². The largest absolute Gasteiger partial charge is 0.378 e. The molecule has 0 amide bonds. The second-order valence-electron chi connectivity index (χ2n) is 6.29. The summed E-state index contributed by atoms with van der Waals surface area (Å²) in [6.45, 7) is 9.81. The maximum Gasteiger partial charge on any atom is 0.243 e. The van der Waals surface area contributed by atoms with E-state index >= 15 is 0 Å². The van der Waals surface area contributed by atoms with Crippen LogP contribution in [0.25, 0.3) is 0 Å². The SMILES string of the molecule is CCc1nnc(NC(C)c2ccc(N3CCOCC3)cc2)nc1CC. The van der Waals surface area contributed by atoms with Gasteiger partial charge in [0.1, 0.15) is 0 Å². The van der Waals surface area contributed by atoms with Crippen LogP contribution in [0.5, 0.6) is 0 Å². The van der Waals surface area contributed by atoms with Crippen LogP contribution in [0, 0.1) is 0 Å². The standard InChI is InChI=1S/C19H27N5O/c1-4-17-18(5-2)22-23-19(21-17)20-14(3)15-6-8-16(9-7-15)24-10-12-25-13-11-24/h6-9,14H,4-5,10-13H2,1-3H3,(H,20,21,23). The van der Waals surface area contributed by atoms with E-state index < -0.39 is 0 Å². The summed E-state index contributed by atoms with van der Waals surface area (Å²) < 4.78 is 5.41. The average molecular weight is 341 g/mol. The van der Waals surface area contributed by atoms with Gasteiger partial charge >= 0.3 is 0 Å². The molecule has 1 unspecified atom stereocenters. The number of aromatic nitrogens is 3. The molecule has 1 saturated heterocycles. The van der Waals surface area contributed by atoms with Gasteiger partial charge in [-0.05, 0) is 37.5 Å². The molecule has 3 rings (SSSR count). The van der Waals surface area contributed by atoms with Crippen molar-refractivity contribution in [2.24, 2.45) is 0 Å². The third-order valence-electron chi connectivity index (χ3n) is 4.62. The smallest absolute Gasteiger partial charge is 0.243 e. The molecule has 1 aliphatic heterocycles. The second-order valence-corrected chi connectivity index (χ2v) is 6.29. The lowest BCUT2D eigenvalue weighted by Crippen LogP contribution is -2.36. The molecule has 0 radical (unpaired) electrons. The van der Waals surface area contributed by atoms with Gasteiger partial charge in [-0.15, -0.1) is 5.10 Å². The Balaban J connectivity index is 1.67. The molecule has 134 valence electrons. The highest BCUT2D eigenvalue weighted by molar-refractivity contribution is 5.49. The van der Waals surface area contributed by atoms with Gasteiger partial charge in [0.05, 0.1) is 30.6 Å². The number of nitrogens with zero attached hydrogens (tertiary/aromatic N) is 4. The average Bonchev–Trinajstić information content (AvgIpc) is 2.68. The highest BCUT2D eigenvalue weighted by atomic mass is 16.5. The number of benzene rings is 1. The second kappa shape index (κ2) is 8.25. The molecule has 0 aliphatic carbocycles. The van der Waals surface area contributed by atoms with Crippen LogP contribution in [0.15, 0.2) is 24.3 Å². The van der Waals surface area contributed by atoms with Gasteiger partial charge in [-0.2, -0.15) is 5.10 Å². The van der Waals surface area contributed by atoms with Gasteiger partial charge in [-0.25, -0.2) is 4.98 Å². The topological polar surface area (TPSA) is 63.2 Å². The lowest BCUT2D eigenvalue weighted by Gasteiger charge is -2.29. The van der Waals surface area contributed by atoms with Crippen molar-refractivity contribution in [2.45, 2.75) is 39.7 Å². The summed E-state index contributed by atoms with van der Waals surface area (Å²) in [5, 5.41) is 11.9. The molecule has 1 atom stereocenters. The Morgan fingerprint density at radius 2 is 1.72 bits per heavy atom. The minimum Gasteiger partial charge on any atom is -0.378 e. The summed E-state index contributed by atoms with van der Waals surface area (Å²) in [6.07, 6.45) is 1.73. The van der Waals surface area contributed by atoms with Gasteiger partial charge < -0.3 is 15.0 Å². The van der Waals surface area contributed by atoms with E-state index in [0.717, 1.165) is 50.5 Å². The summed E-state index contributed by atoms with van der Waals surface area (Å²) in [7, 11) is 0. The molecule has 0 spiro atoms. The molecule has 6 nitrogen and oxygen atoms in total. The minimum atomic E-state index is 0.123. The maximum atomic E-state index is 5.41. The van der Waals surface area contributed by atoms with Gasteiger partial charge in [0.2, 0.25) is 5.95 Å². The molecule has 2 aromatic rings. The van der Waals surface area contributed by atoms with E-state index in [2.05, 4.69) is 70.4 Å². The molecule has 1 aromatic heterocycles. The van der Waals surface area contributed by atoms with E-state index in [1.165, 1.54) is 11.3 Å². The van der Waals surface area contributed by atoms with Crippen molar-refractivity contribution < 1.29 is 4.74 Å². The summed E-state index contributed by atoms with van der Waals surface area (Å²) in [4.78, 5) is 6.97. The summed E-state index contributed by atoms with van der Waals surface area (Å²) in [6, 6.07) is 8.80. The fraction of sp³-hybridized carbons (Fsp3) is 0.526. The van der Waals surface area contributed by atoms with E-state index in [9.17, 15) is 0 Å². The van der Waals surface area contributed by atoms with Crippen LogP contribution in [0.1, 0.15) is 43.8 Å². The van der Waals surface area contributed by atoms with Crippen LogP contribution in [-0.4, -0.2) is 41.5 Å². The van der Waals surface area contributed by atoms with Crippen LogP contribution in [0.2, 0.25) is 0 Å². The zero-order chi connectivity index (χ0) is 17.6. The zero-order valence-electron chi connectivity index (χ0n) is 15.3. The molecule has 1 aliphatic rings. The molecule has 1 fully saturated rings. The number of hydrogen-bond donors (Lipinski definition) is 1. The predicted octanol–water partition coefficient (Wildman–Crippen LogP) is 3.01. The number of morpholine rings is 1. The molecule has 25 heavy (non-hydrogen) atoms. The van der Waals surface area contributed by atoms with E-state index in [0.29, 0.717) is 5.95 Å².